The summed E-state index contributed by atoms with van der Waals surface area (Å²) in [7, 11) is 0. The van der Waals surface area contributed by atoms with Crippen molar-refractivity contribution in [1.29, 1.82) is 0 Å². The Morgan fingerprint density at radius 3 is 2.42 bits per heavy atom. The van der Waals surface area contributed by atoms with Crippen molar-refractivity contribution in [1.82, 2.24) is 5.32 Å². The Labute approximate surface area is 122 Å². The monoisotopic (exact) mass is 279 g/mol. The van der Waals surface area contributed by atoms with Crippen molar-refractivity contribution in [3.63, 3.8) is 0 Å². The van der Waals surface area contributed by atoms with Gasteiger partial charge in [-0.2, -0.15) is 0 Å². The van der Waals surface area contributed by atoms with Gasteiger partial charge in [0, 0.05) is 18.5 Å². The summed E-state index contributed by atoms with van der Waals surface area (Å²) in [5.74, 6) is 1.45. The van der Waals surface area contributed by atoms with E-state index in [1.54, 1.807) is 0 Å². The molecule has 0 saturated heterocycles. The van der Waals surface area contributed by atoms with Gasteiger partial charge in [0.2, 0.25) is 0 Å². The van der Waals surface area contributed by atoms with Crippen LogP contribution in [0.15, 0.2) is 24.3 Å². The average molecular weight is 280 g/mol. The molecular formula is C17H26ClN. The van der Waals surface area contributed by atoms with Gasteiger partial charge in [0.25, 0.3) is 0 Å². The molecule has 0 aliphatic heterocycles. The Hall–Kier alpha value is -0.530. The summed E-state index contributed by atoms with van der Waals surface area (Å²) in [5, 5.41) is 3.67. The molecule has 2 unspecified atom stereocenters. The highest BCUT2D eigenvalue weighted by Crippen LogP contribution is 2.27. The Balaban J connectivity index is 1.90. The van der Waals surface area contributed by atoms with Crippen molar-refractivity contribution in [2.45, 2.75) is 58.0 Å². The van der Waals surface area contributed by atoms with Gasteiger partial charge in [-0.1, -0.05) is 51.5 Å². The normalized spacial score (nSPS) is 23.8. The minimum atomic E-state index is 0.237. The van der Waals surface area contributed by atoms with E-state index >= 15 is 0 Å². The standard InChI is InChI=1S/C17H26ClN/c1-17(2,3)15-9-7-13(8-10-15)12-19-16-6-4-5-14(16)11-18/h7-10,14,16,19H,4-6,11-12H2,1-3H3. The molecule has 0 aromatic heterocycles. The third kappa shape index (κ3) is 3.97. The number of halogens is 1. The van der Waals surface area contributed by atoms with Crippen molar-refractivity contribution >= 4 is 11.6 Å². The van der Waals surface area contributed by atoms with Gasteiger partial charge >= 0.3 is 0 Å². The molecule has 2 heteroatoms. The van der Waals surface area contributed by atoms with Gasteiger partial charge in [0.1, 0.15) is 0 Å². The second kappa shape index (κ2) is 6.28. The molecule has 106 valence electrons. The van der Waals surface area contributed by atoms with Gasteiger partial charge in [-0.3, -0.25) is 0 Å². The minimum absolute atomic E-state index is 0.237. The Kier molecular flexibility index (Phi) is 4.92. The summed E-state index contributed by atoms with van der Waals surface area (Å²) in [6, 6.07) is 9.62. The summed E-state index contributed by atoms with van der Waals surface area (Å²) in [6.07, 6.45) is 3.87. The smallest absolute Gasteiger partial charge is 0.0266 e. The van der Waals surface area contributed by atoms with E-state index < -0.39 is 0 Å². The van der Waals surface area contributed by atoms with Gasteiger partial charge in [-0.25, -0.2) is 0 Å². The highest BCUT2D eigenvalue weighted by Gasteiger charge is 2.25. The van der Waals surface area contributed by atoms with E-state index in [0.29, 0.717) is 12.0 Å². The van der Waals surface area contributed by atoms with Gasteiger partial charge in [-0.15, -0.1) is 11.6 Å². The lowest BCUT2D eigenvalue weighted by Gasteiger charge is -2.21. The molecule has 1 saturated carbocycles. The second-order valence-electron chi connectivity index (χ2n) is 6.78. The Bertz CT molecular complexity index is 391. The molecule has 2 rings (SSSR count). The van der Waals surface area contributed by atoms with Crippen LogP contribution in [0.1, 0.15) is 51.2 Å². The van der Waals surface area contributed by atoms with Crippen LogP contribution in [0, 0.1) is 5.92 Å². The highest BCUT2D eigenvalue weighted by molar-refractivity contribution is 6.18. The predicted molar refractivity (Wildman–Crippen MR) is 83.8 cm³/mol. The van der Waals surface area contributed by atoms with E-state index in [0.717, 1.165) is 12.4 Å². The molecule has 1 N–H and O–H groups in total. The molecule has 1 nitrogen and oxygen atoms in total. The summed E-state index contributed by atoms with van der Waals surface area (Å²) in [4.78, 5) is 0. The summed E-state index contributed by atoms with van der Waals surface area (Å²) >= 11 is 6.02. The van der Waals surface area contributed by atoms with E-state index in [4.69, 9.17) is 11.6 Å². The zero-order valence-corrected chi connectivity index (χ0v) is 13.1. The van der Waals surface area contributed by atoms with Crippen molar-refractivity contribution in [2.75, 3.05) is 5.88 Å². The van der Waals surface area contributed by atoms with Crippen LogP contribution in [0.25, 0.3) is 0 Å². The molecule has 0 radical (unpaired) electrons. The van der Waals surface area contributed by atoms with Crippen LogP contribution < -0.4 is 5.32 Å². The maximum atomic E-state index is 6.02. The quantitative estimate of drug-likeness (QED) is 0.801. The number of hydrogen-bond acceptors (Lipinski definition) is 1. The first-order valence-electron chi connectivity index (χ1n) is 7.39. The molecule has 0 heterocycles. The molecule has 1 aliphatic rings. The van der Waals surface area contributed by atoms with Crippen LogP contribution in [0.4, 0.5) is 0 Å². The SMILES string of the molecule is CC(C)(C)c1ccc(CNC2CCCC2CCl)cc1. The topological polar surface area (TPSA) is 12.0 Å². The molecule has 1 fully saturated rings. The fourth-order valence-electron chi connectivity index (χ4n) is 2.86. The fraction of sp³-hybridized carbons (Fsp3) is 0.647. The van der Waals surface area contributed by atoms with E-state index in [-0.39, 0.29) is 5.41 Å². The van der Waals surface area contributed by atoms with Gasteiger partial charge < -0.3 is 5.32 Å². The van der Waals surface area contributed by atoms with Crippen LogP contribution >= 0.6 is 11.6 Å². The predicted octanol–water partition coefficient (Wildman–Crippen LogP) is 4.48. The molecule has 1 aromatic carbocycles. The van der Waals surface area contributed by atoms with Gasteiger partial charge in [0.05, 0.1) is 0 Å². The lowest BCUT2D eigenvalue weighted by Crippen LogP contribution is -2.32. The van der Waals surface area contributed by atoms with Crippen molar-refractivity contribution in [2.24, 2.45) is 5.92 Å². The fourth-order valence-corrected chi connectivity index (χ4v) is 3.23. The molecule has 2 atom stereocenters. The zero-order chi connectivity index (χ0) is 13.9. The second-order valence-corrected chi connectivity index (χ2v) is 7.09. The zero-order valence-electron chi connectivity index (χ0n) is 12.4. The van der Waals surface area contributed by atoms with Gasteiger partial charge in [-0.05, 0) is 35.3 Å². The van der Waals surface area contributed by atoms with Crippen molar-refractivity contribution < 1.29 is 0 Å². The van der Waals surface area contributed by atoms with Crippen molar-refractivity contribution in [3.05, 3.63) is 35.4 Å². The van der Waals surface area contributed by atoms with Crippen LogP contribution in [-0.4, -0.2) is 11.9 Å². The summed E-state index contributed by atoms with van der Waals surface area (Å²) in [5.41, 5.74) is 3.00. The first-order chi connectivity index (χ1) is 9.00. The van der Waals surface area contributed by atoms with E-state index in [1.807, 2.05) is 0 Å². The number of rotatable bonds is 4. The minimum Gasteiger partial charge on any atom is -0.310 e. The third-order valence-corrected chi connectivity index (χ3v) is 4.64. The van der Waals surface area contributed by atoms with Crippen LogP contribution in [0.2, 0.25) is 0 Å². The third-order valence-electron chi connectivity index (χ3n) is 4.25. The maximum absolute atomic E-state index is 6.02. The molecule has 0 bridgehead atoms. The average Bonchev–Trinajstić information content (AvgIpc) is 2.83. The highest BCUT2D eigenvalue weighted by atomic mass is 35.5. The first kappa shape index (κ1) is 14.9. The van der Waals surface area contributed by atoms with E-state index in [9.17, 15) is 0 Å². The molecule has 0 spiro atoms. The first-order valence-corrected chi connectivity index (χ1v) is 7.93. The largest absolute Gasteiger partial charge is 0.310 e. The number of nitrogens with one attached hydrogen (secondary N) is 1. The Morgan fingerprint density at radius 2 is 1.84 bits per heavy atom. The number of benzene rings is 1. The van der Waals surface area contributed by atoms with E-state index in [2.05, 4.69) is 50.4 Å². The molecule has 19 heavy (non-hydrogen) atoms. The lowest BCUT2D eigenvalue weighted by molar-refractivity contribution is 0.429. The van der Waals surface area contributed by atoms with Crippen molar-refractivity contribution in [3.8, 4) is 0 Å². The Morgan fingerprint density at radius 1 is 1.16 bits per heavy atom. The maximum Gasteiger partial charge on any atom is 0.0266 e. The molecule has 1 aliphatic carbocycles. The summed E-state index contributed by atoms with van der Waals surface area (Å²) < 4.78 is 0. The molecular weight excluding hydrogens is 254 g/mol. The lowest BCUT2D eigenvalue weighted by atomic mass is 9.87. The van der Waals surface area contributed by atoms with Crippen LogP contribution in [0.5, 0.6) is 0 Å². The van der Waals surface area contributed by atoms with E-state index in [1.165, 1.54) is 30.4 Å². The van der Waals surface area contributed by atoms with Crippen LogP contribution in [0.3, 0.4) is 0 Å². The summed E-state index contributed by atoms with van der Waals surface area (Å²) in [6.45, 7) is 7.72. The molecule has 0 amide bonds. The number of hydrogen-bond donors (Lipinski definition) is 1. The number of alkyl halides is 1. The van der Waals surface area contributed by atoms with Crippen LogP contribution in [-0.2, 0) is 12.0 Å². The van der Waals surface area contributed by atoms with Gasteiger partial charge in [0.15, 0.2) is 0 Å². The molecule has 1 aromatic rings.